The Bertz CT molecular complexity index is 308. The molecule has 0 aromatic heterocycles. The van der Waals surface area contributed by atoms with Gasteiger partial charge in [0.05, 0.1) is 6.61 Å². The van der Waals surface area contributed by atoms with Gasteiger partial charge >= 0.3 is 0 Å². The minimum atomic E-state index is 0.206. The minimum absolute atomic E-state index is 0.206. The summed E-state index contributed by atoms with van der Waals surface area (Å²) in [7, 11) is 0. The van der Waals surface area contributed by atoms with E-state index in [0.717, 1.165) is 25.2 Å². The third kappa shape index (κ3) is 4.23. The minimum Gasteiger partial charge on any atom is -0.494 e. The molecule has 0 spiro atoms. The molecule has 0 radical (unpaired) electrons. The summed E-state index contributed by atoms with van der Waals surface area (Å²) < 4.78 is 5.66. The third-order valence-electron chi connectivity index (χ3n) is 2.71. The molecule has 16 heavy (non-hydrogen) atoms. The molecule has 1 rings (SSSR count). The van der Waals surface area contributed by atoms with Crippen LogP contribution in [0.15, 0.2) is 18.2 Å². The summed E-state index contributed by atoms with van der Waals surface area (Å²) in [5.41, 5.74) is 2.39. The van der Waals surface area contributed by atoms with Crippen LogP contribution in [0.1, 0.15) is 37.3 Å². The lowest BCUT2D eigenvalue weighted by Gasteiger charge is -2.09. The van der Waals surface area contributed by atoms with Crippen molar-refractivity contribution in [3.63, 3.8) is 0 Å². The molecule has 0 aliphatic rings. The molecule has 0 saturated carbocycles. The van der Waals surface area contributed by atoms with Crippen LogP contribution in [-0.2, 0) is 6.42 Å². The molecule has 2 heteroatoms. The lowest BCUT2D eigenvalue weighted by Crippen LogP contribution is -1.99. The molecule has 0 bridgehead atoms. The standard InChI is InChI=1S/C14H22O2/c1-3-4-5-10-16-14-7-6-13(8-9-15)12(2)11-14/h6-7,11,15H,3-5,8-10H2,1-2H3. The number of aliphatic hydroxyl groups excluding tert-OH is 1. The molecule has 90 valence electrons. The van der Waals surface area contributed by atoms with Gasteiger partial charge < -0.3 is 9.84 Å². The van der Waals surface area contributed by atoms with Crippen molar-refractivity contribution in [2.75, 3.05) is 13.2 Å². The first-order chi connectivity index (χ1) is 7.77. The van der Waals surface area contributed by atoms with Crippen molar-refractivity contribution in [3.8, 4) is 5.75 Å². The summed E-state index contributed by atoms with van der Waals surface area (Å²) >= 11 is 0. The molecular weight excluding hydrogens is 200 g/mol. The Morgan fingerprint density at radius 1 is 1.25 bits per heavy atom. The van der Waals surface area contributed by atoms with Gasteiger partial charge in [0.1, 0.15) is 5.75 Å². The zero-order chi connectivity index (χ0) is 11.8. The molecule has 0 aliphatic carbocycles. The van der Waals surface area contributed by atoms with Gasteiger partial charge in [-0.15, -0.1) is 0 Å². The predicted molar refractivity (Wildman–Crippen MR) is 67.0 cm³/mol. The second-order valence-corrected chi connectivity index (χ2v) is 4.12. The zero-order valence-corrected chi connectivity index (χ0v) is 10.3. The largest absolute Gasteiger partial charge is 0.494 e. The van der Waals surface area contributed by atoms with E-state index in [4.69, 9.17) is 9.84 Å². The monoisotopic (exact) mass is 222 g/mol. The lowest BCUT2D eigenvalue weighted by atomic mass is 10.1. The Kier molecular flexibility index (Phi) is 5.94. The number of aliphatic hydroxyl groups is 1. The van der Waals surface area contributed by atoms with Crippen LogP contribution in [0.5, 0.6) is 5.75 Å². The van der Waals surface area contributed by atoms with Gasteiger partial charge in [-0.25, -0.2) is 0 Å². The van der Waals surface area contributed by atoms with Gasteiger partial charge in [0, 0.05) is 6.61 Å². The van der Waals surface area contributed by atoms with E-state index in [1.807, 2.05) is 12.1 Å². The molecule has 0 amide bonds. The maximum atomic E-state index is 8.88. The maximum absolute atomic E-state index is 8.88. The Hall–Kier alpha value is -1.02. The van der Waals surface area contributed by atoms with Crippen LogP contribution < -0.4 is 4.74 Å². The molecule has 1 aromatic rings. The molecular formula is C14H22O2. The molecule has 0 heterocycles. The lowest BCUT2D eigenvalue weighted by molar-refractivity contribution is 0.298. The normalized spacial score (nSPS) is 10.4. The Labute approximate surface area is 98.3 Å². The topological polar surface area (TPSA) is 29.5 Å². The van der Waals surface area contributed by atoms with Gasteiger partial charge in [0.2, 0.25) is 0 Å². The van der Waals surface area contributed by atoms with Crippen molar-refractivity contribution in [2.45, 2.75) is 39.5 Å². The van der Waals surface area contributed by atoms with E-state index in [9.17, 15) is 0 Å². The Balaban J connectivity index is 2.46. The van der Waals surface area contributed by atoms with Gasteiger partial charge in [0.15, 0.2) is 0 Å². The number of rotatable bonds is 7. The molecule has 0 aliphatic heterocycles. The Morgan fingerprint density at radius 3 is 2.69 bits per heavy atom. The molecule has 1 N–H and O–H groups in total. The van der Waals surface area contributed by atoms with Crippen molar-refractivity contribution in [1.29, 1.82) is 0 Å². The van der Waals surface area contributed by atoms with E-state index in [0.29, 0.717) is 0 Å². The molecule has 1 aromatic carbocycles. The highest BCUT2D eigenvalue weighted by Gasteiger charge is 2.00. The van der Waals surface area contributed by atoms with Crippen LogP contribution in [0.2, 0.25) is 0 Å². The van der Waals surface area contributed by atoms with Crippen molar-refractivity contribution >= 4 is 0 Å². The smallest absolute Gasteiger partial charge is 0.119 e. The van der Waals surface area contributed by atoms with E-state index in [-0.39, 0.29) is 6.61 Å². The third-order valence-corrected chi connectivity index (χ3v) is 2.71. The van der Waals surface area contributed by atoms with E-state index in [2.05, 4.69) is 19.9 Å². The van der Waals surface area contributed by atoms with Crippen molar-refractivity contribution in [3.05, 3.63) is 29.3 Å². The number of aryl methyl sites for hydroxylation is 1. The molecule has 0 saturated heterocycles. The quantitative estimate of drug-likeness (QED) is 0.718. The highest BCUT2D eigenvalue weighted by Crippen LogP contribution is 2.18. The van der Waals surface area contributed by atoms with Crippen LogP contribution >= 0.6 is 0 Å². The van der Waals surface area contributed by atoms with Crippen LogP contribution in [0.4, 0.5) is 0 Å². The second kappa shape index (κ2) is 7.29. The van der Waals surface area contributed by atoms with E-state index in [1.54, 1.807) is 0 Å². The van der Waals surface area contributed by atoms with E-state index in [1.165, 1.54) is 24.0 Å². The number of unbranched alkanes of at least 4 members (excludes halogenated alkanes) is 2. The summed E-state index contributed by atoms with van der Waals surface area (Å²) in [5, 5.41) is 8.88. The van der Waals surface area contributed by atoms with Crippen LogP contribution in [0.3, 0.4) is 0 Å². The number of hydrogen-bond acceptors (Lipinski definition) is 2. The van der Waals surface area contributed by atoms with Crippen LogP contribution in [0, 0.1) is 6.92 Å². The maximum Gasteiger partial charge on any atom is 0.119 e. The number of benzene rings is 1. The first-order valence-electron chi connectivity index (χ1n) is 6.11. The first-order valence-corrected chi connectivity index (χ1v) is 6.11. The van der Waals surface area contributed by atoms with Gasteiger partial charge in [0.25, 0.3) is 0 Å². The van der Waals surface area contributed by atoms with E-state index < -0.39 is 0 Å². The Morgan fingerprint density at radius 2 is 2.06 bits per heavy atom. The van der Waals surface area contributed by atoms with E-state index >= 15 is 0 Å². The molecule has 0 fully saturated rings. The predicted octanol–water partition coefficient (Wildman–Crippen LogP) is 3.10. The first kappa shape index (κ1) is 13.0. The average molecular weight is 222 g/mol. The van der Waals surface area contributed by atoms with Gasteiger partial charge in [-0.2, -0.15) is 0 Å². The number of hydrogen-bond donors (Lipinski definition) is 1. The number of ether oxygens (including phenoxy) is 1. The summed E-state index contributed by atoms with van der Waals surface area (Å²) in [4.78, 5) is 0. The van der Waals surface area contributed by atoms with Gasteiger partial charge in [-0.05, 0) is 43.0 Å². The summed E-state index contributed by atoms with van der Waals surface area (Å²) in [5.74, 6) is 0.940. The SMILES string of the molecule is CCCCCOc1ccc(CCO)c(C)c1. The summed E-state index contributed by atoms with van der Waals surface area (Å²) in [6.45, 7) is 5.25. The molecule has 0 unspecified atom stereocenters. The fraction of sp³-hybridized carbons (Fsp3) is 0.571. The highest BCUT2D eigenvalue weighted by atomic mass is 16.5. The zero-order valence-electron chi connectivity index (χ0n) is 10.3. The van der Waals surface area contributed by atoms with Gasteiger partial charge in [-0.1, -0.05) is 25.8 Å². The van der Waals surface area contributed by atoms with Crippen molar-refractivity contribution in [2.24, 2.45) is 0 Å². The fourth-order valence-electron chi connectivity index (χ4n) is 1.70. The summed E-state index contributed by atoms with van der Waals surface area (Å²) in [6.07, 6.45) is 4.29. The second-order valence-electron chi connectivity index (χ2n) is 4.12. The van der Waals surface area contributed by atoms with Crippen molar-refractivity contribution in [1.82, 2.24) is 0 Å². The van der Waals surface area contributed by atoms with Crippen molar-refractivity contribution < 1.29 is 9.84 Å². The highest BCUT2D eigenvalue weighted by molar-refractivity contribution is 5.34. The van der Waals surface area contributed by atoms with Crippen LogP contribution in [-0.4, -0.2) is 18.3 Å². The average Bonchev–Trinajstić information content (AvgIpc) is 2.28. The fourth-order valence-corrected chi connectivity index (χ4v) is 1.70. The van der Waals surface area contributed by atoms with Crippen LogP contribution in [0.25, 0.3) is 0 Å². The van der Waals surface area contributed by atoms with Gasteiger partial charge in [-0.3, -0.25) is 0 Å². The summed E-state index contributed by atoms with van der Waals surface area (Å²) in [6, 6.07) is 6.08. The molecule has 0 atom stereocenters. The molecule has 2 nitrogen and oxygen atoms in total.